The Morgan fingerprint density at radius 1 is 1.21 bits per heavy atom. The van der Waals surface area contributed by atoms with E-state index in [4.69, 9.17) is 22.3 Å². The van der Waals surface area contributed by atoms with Gasteiger partial charge >= 0.3 is 0 Å². The molecular formula is C16H22ClN5OS+2. The molecular weight excluding hydrogens is 346 g/mol. The van der Waals surface area contributed by atoms with E-state index in [0.717, 1.165) is 80.9 Å². The quantitative estimate of drug-likeness (QED) is 0.828. The first kappa shape index (κ1) is 16.2. The summed E-state index contributed by atoms with van der Waals surface area (Å²) in [7, 11) is 0. The number of aromatic nitrogens is 2. The van der Waals surface area contributed by atoms with Crippen LogP contribution in [0.3, 0.4) is 0 Å². The van der Waals surface area contributed by atoms with E-state index in [2.05, 4.69) is 4.98 Å². The van der Waals surface area contributed by atoms with E-state index in [9.17, 15) is 4.79 Å². The maximum atomic E-state index is 11.4. The van der Waals surface area contributed by atoms with Crippen molar-refractivity contribution in [2.75, 3.05) is 45.8 Å². The summed E-state index contributed by atoms with van der Waals surface area (Å²) in [5, 5.41) is 1.75. The summed E-state index contributed by atoms with van der Waals surface area (Å²) in [6.07, 6.45) is 0. The lowest BCUT2D eigenvalue weighted by molar-refractivity contribution is -1.08. The maximum Gasteiger partial charge on any atom is 0.272 e. The third-order valence-electron chi connectivity index (χ3n) is 5.61. The standard InChI is InChI=1S/C16H21ClN5OS/c1-11-19-16-15(24-11)13(17)8-12(20-16)9-21-2-5-22(6-3-21,7-4-21)10-14(18)23/h8H,2-7,9-10H2,1H3,(H-,18,23)/q+1/p+1. The molecule has 0 saturated carbocycles. The minimum Gasteiger partial charge on any atom is -0.365 e. The molecule has 128 valence electrons. The average molecular weight is 368 g/mol. The number of rotatable bonds is 4. The molecule has 3 saturated heterocycles. The summed E-state index contributed by atoms with van der Waals surface area (Å²) in [6, 6.07) is 2.00. The smallest absolute Gasteiger partial charge is 0.272 e. The molecule has 0 unspecified atom stereocenters. The van der Waals surface area contributed by atoms with Crippen molar-refractivity contribution < 1.29 is 13.8 Å². The number of quaternary nitrogens is 2. The number of nitrogens with zero attached hydrogens (tertiary/aromatic N) is 4. The van der Waals surface area contributed by atoms with Crippen molar-refractivity contribution in [3.63, 3.8) is 0 Å². The number of nitrogens with two attached hydrogens (primary N) is 1. The number of thiazole rings is 1. The Morgan fingerprint density at radius 3 is 2.46 bits per heavy atom. The third kappa shape index (κ3) is 2.79. The van der Waals surface area contributed by atoms with Crippen LogP contribution in [0.25, 0.3) is 10.3 Å². The molecule has 24 heavy (non-hydrogen) atoms. The molecule has 0 radical (unpaired) electrons. The largest absolute Gasteiger partial charge is 0.365 e. The molecule has 3 fully saturated rings. The van der Waals surface area contributed by atoms with Crippen LogP contribution in [0.5, 0.6) is 0 Å². The zero-order valence-corrected chi connectivity index (χ0v) is 15.4. The Kier molecular flexibility index (Phi) is 3.80. The van der Waals surface area contributed by atoms with Crippen LogP contribution in [-0.2, 0) is 11.3 Å². The van der Waals surface area contributed by atoms with Crippen molar-refractivity contribution >= 4 is 39.2 Å². The summed E-state index contributed by atoms with van der Waals surface area (Å²) in [5.74, 6) is -0.185. The lowest BCUT2D eigenvalue weighted by Gasteiger charge is -2.55. The van der Waals surface area contributed by atoms with Crippen LogP contribution >= 0.6 is 22.9 Å². The second-order valence-electron chi connectivity index (χ2n) is 7.29. The van der Waals surface area contributed by atoms with Gasteiger partial charge in [-0.05, 0) is 13.0 Å². The van der Waals surface area contributed by atoms with Gasteiger partial charge in [0.25, 0.3) is 5.91 Å². The van der Waals surface area contributed by atoms with Gasteiger partial charge in [-0.15, -0.1) is 11.3 Å². The van der Waals surface area contributed by atoms with Crippen LogP contribution in [0.2, 0.25) is 5.02 Å². The fourth-order valence-electron chi connectivity index (χ4n) is 4.20. The number of aryl methyl sites for hydroxylation is 1. The number of carbonyl (C=O) groups excluding carboxylic acids is 1. The number of piperazine rings is 3. The van der Waals surface area contributed by atoms with Crippen LogP contribution < -0.4 is 5.73 Å². The Morgan fingerprint density at radius 2 is 1.83 bits per heavy atom. The Balaban J connectivity index is 1.55. The monoisotopic (exact) mass is 367 g/mol. The van der Waals surface area contributed by atoms with Gasteiger partial charge < -0.3 is 14.7 Å². The second-order valence-corrected chi connectivity index (χ2v) is 8.90. The van der Waals surface area contributed by atoms with Crippen LogP contribution in [0, 0.1) is 6.92 Å². The molecule has 2 N–H and O–H groups in total. The van der Waals surface area contributed by atoms with Crippen molar-refractivity contribution in [1.29, 1.82) is 0 Å². The molecule has 0 aromatic carbocycles. The predicted molar refractivity (Wildman–Crippen MR) is 94.7 cm³/mol. The molecule has 0 aliphatic carbocycles. The molecule has 5 heterocycles. The predicted octanol–water partition coefficient (Wildman–Crippen LogP) is 1.30. The molecule has 2 aromatic rings. The third-order valence-corrected chi connectivity index (χ3v) is 7.01. The van der Waals surface area contributed by atoms with Crippen molar-refractivity contribution in [2.24, 2.45) is 5.73 Å². The number of primary amides is 1. The minimum atomic E-state index is -0.185. The highest BCUT2D eigenvalue weighted by molar-refractivity contribution is 7.19. The van der Waals surface area contributed by atoms with Crippen molar-refractivity contribution in [3.8, 4) is 0 Å². The van der Waals surface area contributed by atoms with Gasteiger partial charge in [0, 0.05) is 0 Å². The normalized spacial score (nSPS) is 29.2. The molecule has 3 aliphatic rings. The zero-order valence-electron chi connectivity index (χ0n) is 13.8. The molecule has 1 amide bonds. The number of amides is 1. The zero-order chi connectivity index (χ0) is 16.9. The lowest BCUT2D eigenvalue weighted by atomic mass is 10.1. The van der Waals surface area contributed by atoms with Gasteiger partial charge in [-0.3, -0.25) is 4.79 Å². The maximum absolute atomic E-state index is 11.4. The number of hydrogen-bond donors (Lipinski definition) is 1. The summed E-state index contributed by atoms with van der Waals surface area (Å²) >= 11 is 8.03. The number of fused-ring (bicyclic) bond motifs is 4. The fourth-order valence-corrected chi connectivity index (χ4v) is 5.29. The summed E-state index contributed by atoms with van der Waals surface area (Å²) in [6.45, 7) is 9.63. The lowest BCUT2D eigenvalue weighted by Crippen LogP contribution is -2.75. The van der Waals surface area contributed by atoms with Crippen molar-refractivity contribution in [1.82, 2.24) is 9.97 Å². The van der Waals surface area contributed by atoms with Crippen LogP contribution in [0.1, 0.15) is 10.7 Å². The van der Waals surface area contributed by atoms with Crippen LogP contribution in [0.15, 0.2) is 6.07 Å². The Hall–Kier alpha value is -1.28. The SMILES string of the molecule is Cc1nc2nc(C[N+]34CC[N+](CC(N)=O)(CC3)CC4)cc(Cl)c2s1. The van der Waals surface area contributed by atoms with E-state index in [-0.39, 0.29) is 5.91 Å². The van der Waals surface area contributed by atoms with Gasteiger partial charge in [0.15, 0.2) is 12.2 Å². The Bertz CT molecular complexity index is 796. The van der Waals surface area contributed by atoms with E-state index in [1.165, 1.54) is 0 Å². The number of halogens is 1. The highest BCUT2D eigenvalue weighted by Gasteiger charge is 2.49. The molecule has 6 nitrogen and oxygen atoms in total. The first-order chi connectivity index (χ1) is 11.4. The first-order valence-corrected chi connectivity index (χ1v) is 9.49. The summed E-state index contributed by atoms with van der Waals surface area (Å²) in [5.41, 5.74) is 7.23. The number of pyridine rings is 1. The van der Waals surface area contributed by atoms with Crippen LogP contribution in [0.4, 0.5) is 0 Å². The molecule has 8 heteroatoms. The topological polar surface area (TPSA) is 68.9 Å². The van der Waals surface area contributed by atoms with E-state index >= 15 is 0 Å². The van der Waals surface area contributed by atoms with E-state index in [0.29, 0.717) is 6.54 Å². The fraction of sp³-hybridized carbons (Fsp3) is 0.562. The molecule has 0 atom stereocenters. The highest BCUT2D eigenvalue weighted by Crippen LogP contribution is 2.32. The van der Waals surface area contributed by atoms with Crippen molar-refractivity contribution in [2.45, 2.75) is 13.5 Å². The van der Waals surface area contributed by atoms with Gasteiger partial charge in [0.2, 0.25) is 0 Å². The number of hydrogen-bond acceptors (Lipinski definition) is 4. The molecule has 3 aliphatic heterocycles. The van der Waals surface area contributed by atoms with E-state index in [1.807, 2.05) is 13.0 Å². The van der Waals surface area contributed by atoms with Gasteiger partial charge in [-0.25, -0.2) is 9.97 Å². The molecule has 0 spiro atoms. The van der Waals surface area contributed by atoms with E-state index in [1.54, 1.807) is 11.3 Å². The highest BCUT2D eigenvalue weighted by atomic mass is 35.5. The Labute approximate surface area is 150 Å². The van der Waals surface area contributed by atoms with Gasteiger partial charge in [0.1, 0.15) is 45.8 Å². The van der Waals surface area contributed by atoms with Crippen LogP contribution in [-0.4, -0.2) is 70.7 Å². The van der Waals surface area contributed by atoms with Gasteiger partial charge in [-0.1, -0.05) is 11.6 Å². The number of carbonyl (C=O) groups is 1. The van der Waals surface area contributed by atoms with Gasteiger partial charge in [-0.2, -0.15) is 0 Å². The molecule has 2 aromatic heterocycles. The first-order valence-electron chi connectivity index (χ1n) is 8.30. The van der Waals surface area contributed by atoms with E-state index < -0.39 is 0 Å². The average Bonchev–Trinajstić information content (AvgIpc) is 2.89. The molecule has 2 bridgehead atoms. The summed E-state index contributed by atoms with van der Waals surface area (Å²) in [4.78, 5) is 20.6. The molecule has 5 rings (SSSR count). The summed E-state index contributed by atoms with van der Waals surface area (Å²) < 4.78 is 2.89. The second kappa shape index (κ2) is 5.62. The van der Waals surface area contributed by atoms with Crippen molar-refractivity contribution in [3.05, 3.63) is 21.8 Å². The van der Waals surface area contributed by atoms with Gasteiger partial charge in [0.05, 0.1) is 20.4 Å². The minimum absolute atomic E-state index is 0.185.